The van der Waals surface area contributed by atoms with E-state index in [1.165, 1.54) is 25.7 Å². The van der Waals surface area contributed by atoms with Crippen molar-refractivity contribution in [3.05, 3.63) is 54.2 Å². The summed E-state index contributed by atoms with van der Waals surface area (Å²) in [5.74, 6) is 1.48. The van der Waals surface area contributed by atoms with E-state index in [-0.39, 0.29) is 13.2 Å². The predicted molar refractivity (Wildman–Crippen MR) is 118 cm³/mol. The number of nitrogens with two attached hydrogens (primary N) is 1. The number of hydrogen-bond acceptors (Lipinski definition) is 4. The van der Waals surface area contributed by atoms with Crippen LogP contribution in [0.3, 0.4) is 0 Å². The molecule has 0 spiro atoms. The van der Waals surface area contributed by atoms with Crippen LogP contribution in [0.2, 0.25) is 0 Å². The van der Waals surface area contributed by atoms with E-state index in [1.807, 2.05) is 42.5 Å². The van der Waals surface area contributed by atoms with Gasteiger partial charge in [0, 0.05) is 34.2 Å². The predicted octanol–water partition coefficient (Wildman–Crippen LogP) is 4.92. The van der Waals surface area contributed by atoms with E-state index in [0.29, 0.717) is 11.5 Å². The number of anilines is 1. The average Bonchev–Trinajstić information content (AvgIpc) is 3.39. The molecule has 0 amide bonds. The van der Waals surface area contributed by atoms with Crippen molar-refractivity contribution in [3.63, 3.8) is 0 Å². The first-order valence-corrected chi connectivity index (χ1v) is 10.5. The molecule has 5 nitrogen and oxygen atoms in total. The standard InChI is InChI=1S/C24H29N3O2/c25-18-6-8-19(9-7-18)27-16-22(23(26)11-5-17-3-1-2-4-17)21-15-20(29-14-13-28)10-12-24(21)27/h6-10,12,15-17,26,28H,1-5,11,13-14,25H2. The van der Waals surface area contributed by atoms with Crippen molar-refractivity contribution in [2.24, 2.45) is 5.92 Å². The number of nitrogen functional groups attached to an aromatic ring is 1. The van der Waals surface area contributed by atoms with E-state index in [4.69, 9.17) is 21.0 Å². The van der Waals surface area contributed by atoms with E-state index < -0.39 is 0 Å². The molecule has 2 aromatic carbocycles. The fourth-order valence-electron chi connectivity index (χ4n) is 4.33. The van der Waals surface area contributed by atoms with Gasteiger partial charge < -0.3 is 25.6 Å². The number of nitrogens with zero attached hydrogens (tertiary/aromatic N) is 1. The van der Waals surface area contributed by atoms with Gasteiger partial charge in [0.15, 0.2) is 0 Å². The number of ether oxygens (including phenoxy) is 1. The monoisotopic (exact) mass is 391 g/mol. The average molecular weight is 392 g/mol. The molecule has 0 aliphatic heterocycles. The number of benzene rings is 2. The number of rotatable bonds is 8. The zero-order chi connectivity index (χ0) is 20.2. The summed E-state index contributed by atoms with van der Waals surface area (Å²) >= 11 is 0. The summed E-state index contributed by atoms with van der Waals surface area (Å²) in [7, 11) is 0. The highest BCUT2D eigenvalue weighted by atomic mass is 16.5. The van der Waals surface area contributed by atoms with Gasteiger partial charge in [-0.05, 0) is 61.2 Å². The minimum Gasteiger partial charge on any atom is -0.491 e. The minimum absolute atomic E-state index is 0.0193. The van der Waals surface area contributed by atoms with Crippen molar-refractivity contribution in [1.29, 1.82) is 5.41 Å². The van der Waals surface area contributed by atoms with Gasteiger partial charge in [0.05, 0.1) is 12.1 Å². The first kappa shape index (κ1) is 19.5. The van der Waals surface area contributed by atoms with Crippen LogP contribution in [0.1, 0.15) is 44.1 Å². The molecular formula is C24H29N3O2. The Morgan fingerprint density at radius 2 is 1.90 bits per heavy atom. The molecular weight excluding hydrogens is 362 g/mol. The van der Waals surface area contributed by atoms with Crippen LogP contribution in [0.15, 0.2) is 48.7 Å². The smallest absolute Gasteiger partial charge is 0.120 e. The number of aromatic nitrogens is 1. The number of aliphatic hydroxyl groups is 1. The molecule has 1 aromatic heterocycles. The second-order valence-corrected chi connectivity index (χ2v) is 7.92. The summed E-state index contributed by atoms with van der Waals surface area (Å²) in [4.78, 5) is 0. The van der Waals surface area contributed by atoms with Gasteiger partial charge in [-0.1, -0.05) is 25.7 Å². The molecule has 3 aromatic rings. The van der Waals surface area contributed by atoms with Gasteiger partial charge >= 0.3 is 0 Å². The van der Waals surface area contributed by atoms with Crippen molar-refractivity contribution >= 4 is 22.3 Å². The fraction of sp³-hybridized carbons (Fsp3) is 0.375. The molecule has 0 radical (unpaired) electrons. The highest BCUT2D eigenvalue weighted by Gasteiger charge is 2.18. The Hall–Kier alpha value is -2.79. The summed E-state index contributed by atoms with van der Waals surface area (Å²) < 4.78 is 7.74. The molecule has 1 aliphatic rings. The van der Waals surface area contributed by atoms with Crippen molar-refractivity contribution in [3.8, 4) is 11.4 Å². The minimum atomic E-state index is -0.0193. The van der Waals surface area contributed by atoms with Crippen LogP contribution < -0.4 is 10.5 Å². The van der Waals surface area contributed by atoms with Crippen LogP contribution >= 0.6 is 0 Å². The third kappa shape index (κ3) is 4.30. The Kier molecular flexibility index (Phi) is 5.86. The molecule has 1 heterocycles. The molecule has 0 saturated heterocycles. The Balaban J connectivity index is 1.69. The maximum atomic E-state index is 9.06. The third-order valence-electron chi connectivity index (χ3n) is 5.91. The van der Waals surface area contributed by atoms with Gasteiger partial charge in [-0.15, -0.1) is 0 Å². The van der Waals surface area contributed by atoms with Crippen LogP contribution in [-0.2, 0) is 0 Å². The lowest BCUT2D eigenvalue weighted by Gasteiger charge is -2.09. The molecule has 4 N–H and O–H groups in total. The zero-order valence-corrected chi connectivity index (χ0v) is 16.7. The summed E-state index contributed by atoms with van der Waals surface area (Å²) in [6.45, 7) is 0.243. The molecule has 29 heavy (non-hydrogen) atoms. The molecule has 1 saturated carbocycles. The van der Waals surface area contributed by atoms with Gasteiger partial charge in [-0.3, -0.25) is 0 Å². The van der Waals surface area contributed by atoms with Gasteiger partial charge in [-0.2, -0.15) is 0 Å². The number of fused-ring (bicyclic) bond motifs is 1. The first-order chi connectivity index (χ1) is 14.2. The van der Waals surface area contributed by atoms with Crippen molar-refractivity contribution in [2.45, 2.75) is 38.5 Å². The lowest BCUT2D eigenvalue weighted by molar-refractivity contribution is 0.201. The highest BCUT2D eigenvalue weighted by Crippen LogP contribution is 2.32. The topological polar surface area (TPSA) is 84.3 Å². The lowest BCUT2D eigenvalue weighted by atomic mass is 9.97. The van der Waals surface area contributed by atoms with Crippen molar-refractivity contribution in [1.82, 2.24) is 4.57 Å². The van der Waals surface area contributed by atoms with Gasteiger partial charge in [0.25, 0.3) is 0 Å². The van der Waals surface area contributed by atoms with Crippen molar-refractivity contribution in [2.75, 3.05) is 18.9 Å². The Bertz CT molecular complexity index is 985. The first-order valence-electron chi connectivity index (χ1n) is 10.5. The van der Waals surface area contributed by atoms with E-state index in [1.54, 1.807) is 0 Å². The largest absolute Gasteiger partial charge is 0.491 e. The molecule has 5 heteroatoms. The summed E-state index contributed by atoms with van der Waals surface area (Å²) in [6.07, 6.45) is 9.23. The van der Waals surface area contributed by atoms with E-state index in [2.05, 4.69) is 10.8 Å². The highest BCUT2D eigenvalue weighted by molar-refractivity contribution is 6.10. The number of hydrogen-bond donors (Lipinski definition) is 3. The molecule has 1 aliphatic carbocycles. The number of nitrogens with one attached hydrogen (secondary N) is 1. The quantitative estimate of drug-likeness (QED) is 0.376. The third-order valence-corrected chi connectivity index (χ3v) is 5.91. The Morgan fingerprint density at radius 1 is 1.14 bits per heavy atom. The second kappa shape index (κ2) is 8.70. The maximum absolute atomic E-state index is 9.06. The van der Waals surface area contributed by atoms with Crippen LogP contribution in [-0.4, -0.2) is 28.6 Å². The van der Waals surface area contributed by atoms with E-state index in [9.17, 15) is 0 Å². The SMILES string of the molecule is N=C(CCC1CCCC1)c1cn(-c2ccc(N)cc2)c2ccc(OCCO)cc12. The van der Waals surface area contributed by atoms with E-state index >= 15 is 0 Å². The second-order valence-electron chi connectivity index (χ2n) is 7.92. The Morgan fingerprint density at radius 3 is 2.62 bits per heavy atom. The molecule has 0 atom stereocenters. The lowest BCUT2D eigenvalue weighted by Crippen LogP contribution is -2.03. The summed E-state index contributed by atoms with van der Waals surface area (Å²) in [5, 5.41) is 18.8. The van der Waals surface area contributed by atoms with Crippen LogP contribution in [0.5, 0.6) is 5.75 Å². The Labute approximate surface area is 171 Å². The maximum Gasteiger partial charge on any atom is 0.120 e. The summed E-state index contributed by atoms with van der Waals surface area (Å²) in [5.41, 5.74) is 10.3. The summed E-state index contributed by atoms with van der Waals surface area (Å²) in [6, 6.07) is 13.7. The van der Waals surface area contributed by atoms with Crippen LogP contribution in [0, 0.1) is 11.3 Å². The van der Waals surface area contributed by atoms with Crippen LogP contribution in [0.4, 0.5) is 5.69 Å². The molecule has 1 fully saturated rings. The zero-order valence-electron chi connectivity index (χ0n) is 16.7. The fourth-order valence-corrected chi connectivity index (χ4v) is 4.33. The number of aliphatic hydroxyl groups excluding tert-OH is 1. The van der Waals surface area contributed by atoms with Gasteiger partial charge in [0.2, 0.25) is 0 Å². The normalized spacial score (nSPS) is 14.5. The van der Waals surface area contributed by atoms with E-state index in [0.717, 1.165) is 46.6 Å². The molecule has 4 rings (SSSR count). The van der Waals surface area contributed by atoms with Gasteiger partial charge in [0.1, 0.15) is 12.4 Å². The molecule has 0 bridgehead atoms. The van der Waals surface area contributed by atoms with Crippen LogP contribution in [0.25, 0.3) is 16.6 Å². The van der Waals surface area contributed by atoms with Gasteiger partial charge in [-0.25, -0.2) is 0 Å². The van der Waals surface area contributed by atoms with Crippen molar-refractivity contribution < 1.29 is 9.84 Å². The molecule has 152 valence electrons. The molecule has 0 unspecified atom stereocenters.